The molecule has 0 aliphatic carbocycles. The molecule has 8 nitrogen and oxygen atoms in total. The number of nitrogens with one attached hydrogen (secondary N) is 2. The number of rotatable bonds is 6. The molecule has 2 N–H and O–H groups in total. The summed E-state index contributed by atoms with van der Waals surface area (Å²) in [6.45, 7) is 5.01. The van der Waals surface area contributed by atoms with Crippen LogP contribution in [-0.4, -0.2) is 34.8 Å². The van der Waals surface area contributed by atoms with Crippen LogP contribution in [0.3, 0.4) is 0 Å². The molecule has 0 amide bonds. The molecule has 0 spiro atoms. The van der Waals surface area contributed by atoms with Gasteiger partial charge in [0.05, 0.1) is 29.3 Å². The topological polar surface area (TPSA) is 114 Å². The number of H-pyrrole nitrogens is 1. The summed E-state index contributed by atoms with van der Waals surface area (Å²) in [6, 6.07) is 5.26. The number of ether oxygens (including phenoxy) is 1. The fourth-order valence-electron chi connectivity index (χ4n) is 2.65. The average molecular weight is 345 g/mol. The largest absolute Gasteiger partial charge is 0.465 e. The standard InChI is InChI=1S/C17H19N3O5/c1-9-14(17(22)25-4)10(2)19-15(9)16(21)11(3)18-12-6-5-7-13(8-12)20(23)24/h5-8,11,18-19H,1-4H3/t11-/m0/s1. The number of hydrogen-bond acceptors (Lipinski definition) is 6. The Morgan fingerprint density at radius 3 is 2.60 bits per heavy atom. The number of benzene rings is 1. The van der Waals surface area contributed by atoms with Crippen molar-refractivity contribution >= 4 is 23.1 Å². The zero-order chi connectivity index (χ0) is 18.7. The van der Waals surface area contributed by atoms with Gasteiger partial charge >= 0.3 is 5.97 Å². The predicted molar refractivity (Wildman–Crippen MR) is 92.1 cm³/mol. The van der Waals surface area contributed by atoms with E-state index >= 15 is 0 Å². The maximum atomic E-state index is 12.7. The van der Waals surface area contributed by atoms with E-state index in [0.717, 1.165) is 0 Å². The van der Waals surface area contributed by atoms with E-state index in [1.165, 1.54) is 25.3 Å². The first-order chi connectivity index (χ1) is 11.8. The molecule has 1 atom stereocenters. The minimum Gasteiger partial charge on any atom is -0.465 e. The van der Waals surface area contributed by atoms with Gasteiger partial charge in [-0.25, -0.2) is 4.79 Å². The number of nitro benzene ring substituents is 1. The van der Waals surface area contributed by atoms with Crippen molar-refractivity contribution in [2.24, 2.45) is 0 Å². The van der Waals surface area contributed by atoms with E-state index < -0.39 is 16.9 Å². The number of non-ortho nitro benzene ring substituents is 1. The van der Waals surface area contributed by atoms with E-state index in [1.807, 2.05) is 0 Å². The van der Waals surface area contributed by atoms with Gasteiger partial charge in [0.15, 0.2) is 0 Å². The van der Waals surface area contributed by atoms with Gasteiger partial charge in [-0.15, -0.1) is 0 Å². The fraction of sp³-hybridized carbons (Fsp3) is 0.294. The first kappa shape index (κ1) is 18.2. The molecular weight excluding hydrogens is 326 g/mol. The van der Waals surface area contributed by atoms with Gasteiger partial charge in [-0.3, -0.25) is 14.9 Å². The first-order valence-electron chi connectivity index (χ1n) is 7.59. The van der Waals surface area contributed by atoms with Crippen LogP contribution in [0.15, 0.2) is 24.3 Å². The van der Waals surface area contributed by atoms with Crippen LogP contribution in [-0.2, 0) is 4.74 Å². The lowest BCUT2D eigenvalue weighted by Gasteiger charge is -2.14. The van der Waals surface area contributed by atoms with Crippen molar-refractivity contribution in [3.8, 4) is 0 Å². The van der Waals surface area contributed by atoms with Gasteiger partial charge in [0, 0.05) is 23.5 Å². The highest BCUT2D eigenvalue weighted by Gasteiger charge is 2.25. The van der Waals surface area contributed by atoms with Crippen LogP contribution < -0.4 is 5.32 Å². The molecule has 0 unspecified atom stereocenters. The monoisotopic (exact) mass is 345 g/mol. The van der Waals surface area contributed by atoms with Crippen molar-refractivity contribution < 1.29 is 19.2 Å². The van der Waals surface area contributed by atoms with Gasteiger partial charge in [0.2, 0.25) is 5.78 Å². The van der Waals surface area contributed by atoms with Gasteiger partial charge in [0.25, 0.3) is 5.69 Å². The van der Waals surface area contributed by atoms with Crippen molar-refractivity contribution in [1.29, 1.82) is 0 Å². The molecule has 132 valence electrons. The molecule has 8 heteroatoms. The van der Waals surface area contributed by atoms with E-state index in [1.54, 1.807) is 26.8 Å². The van der Waals surface area contributed by atoms with E-state index in [2.05, 4.69) is 10.3 Å². The van der Waals surface area contributed by atoms with Crippen LogP contribution >= 0.6 is 0 Å². The number of anilines is 1. The number of methoxy groups -OCH3 is 1. The zero-order valence-corrected chi connectivity index (χ0v) is 14.4. The highest BCUT2D eigenvalue weighted by Crippen LogP contribution is 2.22. The number of carbonyl (C=O) groups excluding carboxylic acids is 2. The number of hydrogen-bond donors (Lipinski definition) is 2. The number of carbonyl (C=O) groups is 2. The predicted octanol–water partition coefficient (Wildman–Crippen LogP) is 3.01. The lowest BCUT2D eigenvalue weighted by atomic mass is 10.0. The summed E-state index contributed by atoms with van der Waals surface area (Å²) in [6.07, 6.45) is 0. The Morgan fingerprint density at radius 1 is 1.32 bits per heavy atom. The third kappa shape index (κ3) is 3.68. The Labute approximate surface area is 144 Å². The Bertz CT molecular complexity index is 841. The van der Waals surface area contributed by atoms with Gasteiger partial charge in [-0.05, 0) is 32.4 Å². The minimum absolute atomic E-state index is 0.0653. The summed E-state index contributed by atoms with van der Waals surface area (Å²) >= 11 is 0. The quantitative estimate of drug-likeness (QED) is 0.360. The summed E-state index contributed by atoms with van der Waals surface area (Å²) < 4.78 is 4.73. The van der Waals surface area contributed by atoms with E-state index in [4.69, 9.17) is 4.74 Å². The van der Waals surface area contributed by atoms with Gasteiger partial charge in [-0.2, -0.15) is 0 Å². The maximum absolute atomic E-state index is 12.7. The van der Waals surface area contributed by atoms with Crippen molar-refractivity contribution in [1.82, 2.24) is 4.98 Å². The summed E-state index contributed by atoms with van der Waals surface area (Å²) in [5.41, 5.74) is 2.11. The number of nitro groups is 1. The summed E-state index contributed by atoms with van der Waals surface area (Å²) in [5.74, 6) is -0.771. The summed E-state index contributed by atoms with van der Waals surface area (Å²) in [4.78, 5) is 37.8. The van der Waals surface area contributed by atoms with Crippen LogP contribution in [0.2, 0.25) is 0 Å². The van der Waals surface area contributed by atoms with Crippen LogP contribution in [0.5, 0.6) is 0 Å². The number of esters is 1. The summed E-state index contributed by atoms with van der Waals surface area (Å²) in [7, 11) is 1.28. The van der Waals surface area contributed by atoms with E-state index in [9.17, 15) is 19.7 Å². The van der Waals surface area contributed by atoms with Crippen LogP contribution in [0.1, 0.15) is 39.0 Å². The number of ketones is 1. The van der Waals surface area contributed by atoms with E-state index in [-0.39, 0.29) is 11.5 Å². The third-order valence-electron chi connectivity index (χ3n) is 3.91. The number of Topliss-reactive ketones (excluding diaryl/α,β-unsaturated/α-hetero) is 1. The van der Waals surface area contributed by atoms with Gasteiger partial charge in [0.1, 0.15) is 0 Å². The van der Waals surface area contributed by atoms with Crippen molar-refractivity contribution in [2.75, 3.05) is 12.4 Å². The lowest BCUT2D eigenvalue weighted by Crippen LogP contribution is -2.27. The molecule has 0 saturated carbocycles. The molecule has 0 bridgehead atoms. The smallest absolute Gasteiger partial charge is 0.339 e. The molecule has 0 fully saturated rings. The highest BCUT2D eigenvalue weighted by molar-refractivity contribution is 6.04. The zero-order valence-electron chi connectivity index (χ0n) is 14.4. The minimum atomic E-state index is -0.649. The van der Waals surface area contributed by atoms with E-state index in [0.29, 0.717) is 28.2 Å². The summed E-state index contributed by atoms with van der Waals surface area (Å²) in [5, 5.41) is 13.8. The molecule has 2 rings (SSSR count). The maximum Gasteiger partial charge on any atom is 0.339 e. The molecule has 2 aromatic rings. The number of aromatic nitrogens is 1. The number of aromatic amines is 1. The molecule has 1 aromatic carbocycles. The average Bonchev–Trinajstić information content (AvgIpc) is 2.88. The molecule has 1 aromatic heterocycles. The van der Waals surface area contributed by atoms with Gasteiger partial charge < -0.3 is 15.0 Å². The molecule has 0 radical (unpaired) electrons. The van der Waals surface area contributed by atoms with Crippen LogP contribution in [0, 0.1) is 24.0 Å². The molecule has 0 aliphatic rings. The molecule has 25 heavy (non-hydrogen) atoms. The second kappa shape index (κ2) is 7.16. The molecule has 0 saturated heterocycles. The molecule has 1 heterocycles. The van der Waals surface area contributed by atoms with Crippen LogP contribution in [0.25, 0.3) is 0 Å². The lowest BCUT2D eigenvalue weighted by molar-refractivity contribution is -0.384. The number of nitrogens with zero attached hydrogens (tertiary/aromatic N) is 1. The first-order valence-corrected chi connectivity index (χ1v) is 7.59. The Balaban J connectivity index is 2.25. The Hall–Kier alpha value is -3.16. The SMILES string of the molecule is COC(=O)c1c(C)[nH]c(C(=O)[C@H](C)Nc2cccc([N+](=O)[O-])c2)c1C. The second-order valence-electron chi connectivity index (χ2n) is 5.65. The van der Waals surface area contributed by atoms with Crippen molar-refractivity contribution in [3.63, 3.8) is 0 Å². The third-order valence-corrected chi connectivity index (χ3v) is 3.91. The van der Waals surface area contributed by atoms with Gasteiger partial charge in [-0.1, -0.05) is 6.07 Å². The Kier molecular flexibility index (Phi) is 5.21. The number of aryl methyl sites for hydroxylation is 1. The van der Waals surface area contributed by atoms with Crippen molar-refractivity contribution in [2.45, 2.75) is 26.8 Å². The Morgan fingerprint density at radius 2 is 2.00 bits per heavy atom. The molecule has 0 aliphatic heterocycles. The van der Waals surface area contributed by atoms with Crippen LogP contribution in [0.4, 0.5) is 11.4 Å². The normalized spacial score (nSPS) is 11.7. The second-order valence-corrected chi connectivity index (χ2v) is 5.65. The van der Waals surface area contributed by atoms with Crippen molar-refractivity contribution in [3.05, 3.63) is 56.9 Å². The fourth-order valence-corrected chi connectivity index (χ4v) is 2.65. The highest BCUT2D eigenvalue weighted by atomic mass is 16.6. The molecular formula is C17H19N3O5.